The minimum atomic E-state index is -0.155. The number of halogens is 1. The van der Waals surface area contributed by atoms with Gasteiger partial charge >= 0.3 is 0 Å². The second-order valence-electron chi connectivity index (χ2n) is 5.33. The Balaban J connectivity index is 2.04. The van der Waals surface area contributed by atoms with E-state index in [1.54, 1.807) is 0 Å². The van der Waals surface area contributed by atoms with E-state index in [9.17, 15) is 4.79 Å². The number of carbonyl (C=O) groups excluding carboxylic acids is 1. The summed E-state index contributed by atoms with van der Waals surface area (Å²) >= 11 is 3.68. The van der Waals surface area contributed by atoms with Crippen molar-refractivity contribution in [1.29, 1.82) is 0 Å². The SMILES string of the molecule is CCc1nn(CC)c(CN2CCC(C(N)=O)CC2)c1Br. The number of rotatable bonds is 5. The van der Waals surface area contributed by atoms with Gasteiger partial charge in [0, 0.05) is 19.0 Å². The molecule has 2 N–H and O–H groups in total. The largest absolute Gasteiger partial charge is 0.369 e. The third-order valence-electron chi connectivity index (χ3n) is 4.06. The average molecular weight is 343 g/mol. The summed E-state index contributed by atoms with van der Waals surface area (Å²) in [6.07, 6.45) is 2.67. The number of hydrogen-bond acceptors (Lipinski definition) is 3. The summed E-state index contributed by atoms with van der Waals surface area (Å²) in [4.78, 5) is 13.6. The number of primary amides is 1. The number of carbonyl (C=O) groups is 1. The highest BCUT2D eigenvalue weighted by Gasteiger charge is 2.25. The molecule has 5 nitrogen and oxygen atoms in total. The van der Waals surface area contributed by atoms with Gasteiger partial charge in [-0.3, -0.25) is 14.4 Å². The highest BCUT2D eigenvalue weighted by atomic mass is 79.9. The molecule has 1 saturated heterocycles. The van der Waals surface area contributed by atoms with E-state index < -0.39 is 0 Å². The van der Waals surface area contributed by atoms with Crippen LogP contribution in [0.15, 0.2) is 4.47 Å². The zero-order chi connectivity index (χ0) is 14.7. The fraction of sp³-hybridized carbons (Fsp3) is 0.714. The van der Waals surface area contributed by atoms with Crippen LogP contribution >= 0.6 is 15.9 Å². The smallest absolute Gasteiger partial charge is 0.220 e. The maximum atomic E-state index is 11.2. The van der Waals surface area contributed by atoms with Crippen molar-refractivity contribution in [2.24, 2.45) is 11.7 Å². The molecule has 0 spiro atoms. The van der Waals surface area contributed by atoms with Crippen LogP contribution in [0.25, 0.3) is 0 Å². The Bertz CT molecular complexity index is 478. The zero-order valence-corrected chi connectivity index (χ0v) is 13.8. The first-order valence-corrected chi connectivity index (χ1v) is 8.11. The number of hydrogen-bond donors (Lipinski definition) is 1. The molecule has 0 radical (unpaired) electrons. The Morgan fingerprint density at radius 2 is 2.05 bits per heavy atom. The summed E-state index contributed by atoms with van der Waals surface area (Å²) in [6.45, 7) is 7.85. The topological polar surface area (TPSA) is 64.2 Å². The molecule has 0 unspecified atom stereocenters. The van der Waals surface area contributed by atoms with E-state index in [2.05, 4.69) is 44.5 Å². The first-order chi connectivity index (χ1) is 9.56. The van der Waals surface area contributed by atoms with Crippen molar-refractivity contribution in [2.45, 2.75) is 46.2 Å². The number of aryl methyl sites for hydroxylation is 2. The summed E-state index contributed by atoms with van der Waals surface area (Å²) < 4.78 is 3.21. The van der Waals surface area contributed by atoms with Crippen molar-refractivity contribution in [1.82, 2.24) is 14.7 Å². The lowest BCUT2D eigenvalue weighted by molar-refractivity contribution is -0.123. The maximum Gasteiger partial charge on any atom is 0.220 e. The molecule has 1 aliphatic rings. The van der Waals surface area contributed by atoms with Gasteiger partial charge in [0.15, 0.2) is 0 Å². The van der Waals surface area contributed by atoms with Crippen molar-refractivity contribution < 1.29 is 4.79 Å². The molecule has 0 atom stereocenters. The molecule has 112 valence electrons. The van der Waals surface area contributed by atoms with E-state index in [0.717, 1.165) is 55.6 Å². The molecule has 20 heavy (non-hydrogen) atoms. The fourth-order valence-electron chi connectivity index (χ4n) is 2.76. The molecular formula is C14H23BrN4O. The molecule has 1 aliphatic heterocycles. The van der Waals surface area contributed by atoms with Gasteiger partial charge in [0.1, 0.15) is 0 Å². The van der Waals surface area contributed by atoms with Gasteiger partial charge in [-0.05, 0) is 55.2 Å². The third-order valence-corrected chi connectivity index (χ3v) is 4.97. The lowest BCUT2D eigenvalue weighted by atomic mass is 9.96. The van der Waals surface area contributed by atoms with Crippen LogP contribution in [0.4, 0.5) is 0 Å². The van der Waals surface area contributed by atoms with Crippen LogP contribution in [0.3, 0.4) is 0 Å². The van der Waals surface area contributed by atoms with Gasteiger partial charge in [-0.25, -0.2) is 0 Å². The highest BCUT2D eigenvalue weighted by Crippen LogP contribution is 2.25. The van der Waals surface area contributed by atoms with Gasteiger partial charge < -0.3 is 5.73 Å². The number of piperidine rings is 1. The number of aromatic nitrogens is 2. The van der Waals surface area contributed by atoms with Crippen molar-refractivity contribution in [3.05, 3.63) is 15.9 Å². The lowest BCUT2D eigenvalue weighted by Gasteiger charge is -2.30. The van der Waals surface area contributed by atoms with Gasteiger partial charge in [-0.2, -0.15) is 5.10 Å². The van der Waals surface area contributed by atoms with Gasteiger partial charge in [0.25, 0.3) is 0 Å². The van der Waals surface area contributed by atoms with Gasteiger partial charge in [0.05, 0.1) is 15.9 Å². The van der Waals surface area contributed by atoms with E-state index >= 15 is 0 Å². The van der Waals surface area contributed by atoms with Crippen LogP contribution in [0, 0.1) is 5.92 Å². The van der Waals surface area contributed by atoms with E-state index in [-0.39, 0.29) is 11.8 Å². The zero-order valence-electron chi connectivity index (χ0n) is 12.2. The summed E-state index contributed by atoms with van der Waals surface area (Å²) in [5.41, 5.74) is 7.73. The Hall–Kier alpha value is -0.880. The fourth-order valence-corrected chi connectivity index (χ4v) is 3.45. The van der Waals surface area contributed by atoms with Crippen LogP contribution in [0.5, 0.6) is 0 Å². The molecule has 1 amide bonds. The van der Waals surface area contributed by atoms with Crippen molar-refractivity contribution >= 4 is 21.8 Å². The van der Waals surface area contributed by atoms with Crippen molar-refractivity contribution in [3.63, 3.8) is 0 Å². The molecule has 0 saturated carbocycles. The Labute approximate surface area is 128 Å². The molecule has 1 aromatic heterocycles. The Morgan fingerprint density at radius 1 is 1.40 bits per heavy atom. The second-order valence-corrected chi connectivity index (χ2v) is 6.12. The first kappa shape index (κ1) is 15.5. The van der Waals surface area contributed by atoms with Crippen LogP contribution < -0.4 is 5.73 Å². The normalized spacial score (nSPS) is 17.6. The van der Waals surface area contributed by atoms with E-state index in [1.807, 2.05) is 0 Å². The summed E-state index contributed by atoms with van der Waals surface area (Å²) in [5, 5.41) is 4.62. The van der Waals surface area contributed by atoms with E-state index in [4.69, 9.17) is 5.73 Å². The first-order valence-electron chi connectivity index (χ1n) is 7.32. The predicted octanol–water partition coefficient (Wildman–Crippen LogP) is 1.93. The monoisotopic (exact) mass is 342 g/mol. The molecule has 0 aromatic carbocycles. The van der Waals surface area contributed by atoms with E-state index in [1.165, 1.54) is 5.69 Å². The molecule has 6 heteroatoms. The molecule has 2 heterocycles. The third kappa shape index (κ3) is 3.23. The minimum absolute atomic E-state index is 0.0528. The quantitative estimate of drug-likeness (QED) is 0.889. The summed E-state index contributed by atoms with van der Waals surface area (Å²) in [6, 6.07) is 0. The molecule has 0 bridgehead atoms. The second kappa shape index (κ2) is 6.72. The maximum absolute atomic E-state index is 11.2. The molecule has 2 rings (SSSR count). The van der Waals surface area contributed by atoms with Crippen molar-refractivity contribution in [3.8, 4) is 0 Å². The van der Waals surface area contributed by atoms with Gasteiger partial charge in [-0.15, -0.1) is 0 Å². The number of nitrogens with zero attached hydrogens (tertiary/aromatic N) is 3. The minimum Gasteiger partial charge on any atom is -0.369 e. The van der Waals surface area contributed by atoms with E-state index in [0.29, 0.717) is 0 Å². The Kier molecular flexibility index (Phi) is 5.21. The standard InChI is InChI=1S/C14H23BrN4O/c1-3-11-13(15)12(19(4-2)17-11)9-18-7-5-10(6-8-18)14(16)20/h10H,3-9H2,1-2H3,(H2,16,20). The van der Waals surface area contributed by atoms with Gasteiger partial charge in [-0.1, -0.05) is 6.92 Å². The highest BCUT2D eigenvalue weighted by molar-refractivity contribution is 9.10. The van der Waals surface area contributed by atoms with Gasteiger partial charge in [0.2, 0.25) is 5.91 Å². The number of nitrogens with two attached hydrogens (primary N) is 1. The summed E-state index contributed by atoms with van der Waals surface area (Å²) in [5.74, 6) is -0.102. The van der Waals surface area contributed by atoms with Crippen molar-refractivity contribution in [2.75, 3.05) is 13.1 Å². The predicted molar refractivity (Wildman–Crippen MR) is 82.2 cm³/mol. The molecule has 1 fully saturated rings. The lowest BCUT2D eigenvalue weighted by Crippen LogP contribution is -2.38. The Morgan fingerprint density at radius 3 is 2.55 bits per heavy atom. The molecule has 1 aromatic rings. The molecular weight excluding hydrogens is 320 g/mol. The van der Waals surface area contributed by atoms with Crippen LogP contribution in [-0.4, -0.2) is 33.7 Å². The number of amides is 1. The van der Waals surface area contributed by atoms with Crippen LogP contribution in [0.1, 0.15) is 38.1 Å². The molecule has 0 aliphatic carbocycles. The average Bonchev–Trinajstić information content (AvgIpc) is 2.76. The van der Waals surface area contributed by atoms with Crippen LogP contribution in [-0.2, 0) is 24.3 Å². The summed E-state index contributed by atoms with van der Waals surface area (Å²) in [7, 11) is 0. The number of likely N-dealkylation sites (tertiary alicyclic amines) is 1. The van der Waals surface area contributed by atoms with Crippen LogP contribution in [0.2, 0.25) is 0 Å².